The number of pyridine rings is 1. The normalized spacial score (nSPS) is 14.9. The third-order valence-corrected chi connectivity index (χ3v) is 5.68. The first-order chi connectivity index (χ1) is 18.4. The Bertz CT molecular complexity index is 1210. The fourth-order valence-corrected chi connectivity index (χ4v) is 3.64. The van der Waals surface area contributed by atoms with Crippen LogP contribution in [-0.2, 0) is 16.1 Å². The Kier molecular flexibility index (Phi) is 13.5. The van der Waals surface area contributed by atoms with Crippen LogP contribution in [0.1, 0.15) is 43.5 Å². The van der Waals surface area contributed by atoms with Crippen molar-refractivity contribution in [2.24, 2.45) is 4.99 Å². The Hall–Kier alpha value is -3.22. The maximum Gasteiger partial charge on any atom is -0.106 e. The molecular formula is C26H32BFN6O2S2. The summed E-state index contributed by atoms with van der Waals surface area (Å²) >= 11 is 4.14. The molecule has 0 saturated carbocycles. The third kappa shape index (κ3) is 10.3. The molecule has 3 heterocycles. The Balaban J connectivity index is 0.00000247. The maximum atomic E-state index is 13.0. The molecule has 0 aliphatic carbocycles. The molecule has 1 unspecified atom stereocenters. The maximum absolute atomic E-state index is 13.0. The van der Waals surface area contributed by atoms with E-state index < -0.39 is 0 Å². The fourth-order valence-electron chi connectivity index (χ4n) is 3.30. The topological polar surface area (TPSA) is 84.6 Å². The standard InChI is InChI=1S/C24H28BFN6O2S2.C2H4/c1-4-5-6-7-17(2)21-9-8-19(13-27-21)12-23-29-22(16-32(35)36-26)25-24(30-23)20-14-28-31(15-20)10-11-34-18(3)33;1-2/h4-9,12-15,17,29,35H,10-11,16H2,1-3H3;1-2H2/b5-4-,7-6-,23-12-;. The first-order valence-corrected chi connectivity index (χ1v) is 12.9. The Morgan fingerprint density at radius 1 is 1.37 bits per heavy atom. The minimum Gasteiger partial charge on any atom is -0.106 e. The van der Waals surface area contributed by atoms with Crippen LogP contribution in [0.25, 0.3) is 6.08 Å². The van der Waals surface area contributed by atoms with Crippen molar-refractivity contribution in [2.45, 2.75) is 33.2 Å². The van der Waals surface area contributed by atoms with Gasteiger partial charge in [0.05, 0.1) is 0 Å². The number of allylic oxidation sites excluding steroid dienone is 4. The summed E-state index contributed by atoms with van der Waals surface area (Å²) in [4.78, 5) is 20.3. The van der Waals surface area contributed by atoms with Gasteiger partial charge in [-0.05, 0) is 6.92 Å². The molecule has 2 aromatic rings. The van der Waals surface area contributed by atoms with Crippen molar-refractivity contribution < 1.29 is 13.4 Å². The number of carbonyl (C=O) groups is 1. The zero-order chi connectivity index (χ0) is 27.9. The molecule has 0 spiro atoms. The van der Waals surface area contributed by atoms with Gasteiger partial charge in [-0.1, -0.05) is 6.08 Å². The molecule has 12 heteroatoms. The van der Waals surface area contributed by atoms with Crippen LogP contribution in [0.4, 0.5) is 3.89 Å². The summed E-state index contributed by atoms with van der Waals surface area (Å²) in [6.45, 7) is 14.1. The van der Waals surface area contributed by atoms with Gasteiger partial charge in [0.1, 0.15) is 0 Å². The fraction of sp³-hybridized carbons (Fsp3) is 0.269. The van der Waals surface area contributed by atoms with E-state index in [1.165, 1.54) is 10.6 Å². The first kappa shape index (κ1) is 31.0. The smallest absolute Gasteiger partial charge is 0.106 e. The second-order valence-corrected chi connectivity index (χ2v) is 9.28. The number of carbonyl (C=O) groups excluding carboxylic acids is 1. The molecular weight excluding hydrogens is 522 g/mol. The molecule has 38 heavy (non-hydrogen) atoms. The summed E-state index contributed by atoms with van der Waals surface area (Å²) in [5.41, 5.74) is 3.98. The van der Waals surface area contributed by atoms with Gasteiger partial charge in [0, 0.05) is 0 Å². The number of esters is 1. The van der Waals surface area contributed by atoms with E-state index in [-0.39, 0.29) is 37.4 Å². The van der Waals surface area contributed by atoms with Crippen molar-refractivity contribution in [1.82, 2.24) is 23.8 Å². The summed E-state index contributed by atoms with van der Waals surface area (Å²) in [5.74, 6) is 0.430. The number of aromatic nitrogens is 3. The average Bonchev–Trinajstić information content (AvgIpc) is 3.39. The third-order valence-electron chi connectivity index (χ3n) is 5.06. The number of hydrogen-bond acceptors (Lipinski definition) is 9. The summed E-state index contributed by atoms with van der Waals surface area (Å²) in [6.07, 6.45) is 15.3. The van der Waals surface area contributed by atoms with Crippen LogP contribution in [0.5, 0.6) is 0 Å². The Morgan fingerprint density at radius 2 is 2.16 bits per heavy atom. The van der Waals surface area contributed by atoms with Crippen LogP contribution in [0, 0.1) is 0 Å². The van der Waals surface area contributed by atoms with E-state index in [1.807, 2.05) is 56.5 Å². The predicted molar refractivity (Wildman–Crippen MR) is 160 cm³/mol. The Labute approximate surface area is 234 Å². The van der Waals surface area contributed by atoms with Gasteiger partial charge < -0.3 is 0 Å². The van der Waals surface area contributed by atoms with Crippen LogP contribution in [0.15, 0.2) is 79.0 Å². The van der Waals surface area contributed by atoms with Crippen LogP contribution in [0.3, 0.4) is 0 Å². The molecule has 0 fully saturated rings. The van der Waals surface area contributed by atoms with Crippen molar-refractivity contribution in [2.75, 3.05) is 13.2 Å². The van der Waals surface area contributed by atoms with E-state index in [4.69, 9.17) is 9.73 Å². The van der Waals surface area contributed by atoms with Gasteiger partial charge in [0.15, 0.2) is 0 Å². The second kappa shape index (κ2) is 16.6. The molecule has 3 rings (SSSR count). The zero-order valence-corrected chi connectivity index (χ0v) is 23.5. The van der Waals surface area contributed by atoms with E-state index in [0.717, 1.165) is 16.8 Å². The molecule has 1 atom stereocenters. The number of nitrogens with one attached hydrogen (secondary N) is 1. The second-order valence-electron chi connectivity index (χ2n) is 7.95. The molecule has 1 aliphatic rings. The van der Waals surface area contributed by atoms with Crippen LogP contribution in [0.2, 0.25) is 0 Å². The van der Waals surface area contributed by atoms with E-state index in [9.17, 15) is 8.68 Å². The molecule has 0 aromatic carbocycles. The number of thiol groups is 1. The molecule has 2 aromatic heterocycles. The largest absolute Gasteiger partial charge is 0.106 e. The van der Waals surface area contributed by atoms with E-state index in [1.54, 1.807) is 17.1 Å². The molecule has 0 radical (unpaired) electrons. The van der Waals surface area contributed by atoms with E-state index in [0.29, 0.717) is 23.6 Å². The predicted octanol–water partition coefficient (Wildman–Crippen LogP) is 4.74. The first-order valence-electron chi connectivity index (χ1n) is 11.8. The van der Waals surface area contributed by atoms with Crippen LogP contribution in [-0.4, -0.2) is 55.7 Å². The van der Waals surface area contributed by atoms with Crippen LogP contribution >= 0.6 is 25.1 Å². The molecule has 8 nitrogen and oxygen atoms in total. The summed E-state index contributed by atoms with van der Waals surface area (Å²) < 4.78 is 20.8. The minimum atomic E-state index is -0.336. The van der Waals surface area contributed by atoms with Gasteiger partial charge >= 0.3 is 209 Å². The van der Waals surface area contributed by atoms with E-state index >= 15 is 0 Å². The monoisotopic (exact) mass is 554 g/mol. The van der Waals surface area contributed by atoms with Gasteiger partial charge in [0.25, 0.3) is 0 Å². The molecule has 200 valence electrons. The molecule has 0 saturated heterocycles. The van der Waals surface area contributed by atoms with Crippen molar-refractivity contribution in [1.29, 1.82) is 0 Å². The molecule has 0 bridgehead atoms. The molecule has 0 amide bonds. The molecule has 1 N–H and O–H groups in total. The summed E-state index contributed by atoms with van der Waals surface area (Å²) in [5, 5.41) is 7.54. The number of nitrogens with zero attached hydrogens (tertiary/aromatic N) is 5. The number of hydrogen-bond donors (Lipinski definition) is 2. The van der Waals surface area contributed by atoms with Crippen molar-refractivity contribution in [3.8, 4) is 0 Å². The average molecular weight is 555 g/mol. The van der Waals surface area contributed by atoms with Gasteiger partial charge in [-0.3, -0.25) is 0 Å². The summed E-state index contributed by atoms with van der Waals surface area (Å²) in [7, 11) is 0. The van der Waals surface area contributed by atoms with Gasteiger partial charge in [-0.15, -0.1) is 13.2 Å². The van der Waals surface area contributed by atoms with Gasteiger partial charge in [0.2, 0.25) is 0 Å². The van der Waals surface area contributed by atoms with Crippen LogP contribution < -0.4 is 5.32 Å². The molecule has 1 aliphatic heterocycles. The number of rotatable bonds is 11. The van der Waals surface area contributed by atoms with Crippen molar-refractivity contribution in [3.05, 3.63) is 90.8 Å². The summed E-state index contributed by atoms with van der Waals surface area (Å²) in [6, 6.07) is 3.98. The number of aliphatic imine (C=N–C) groups is 1. The SMILES string of the molecule is C/C=C\C=C/C(C)c1ccc(/C=C2\N=C(c3cnn(CCOC(C)=O)c3)B=C(CN(S)SF)N2)cn1.C=C. The van der Waals surface area contributed by atoms with Gasteiger partial charge in [-0.2, -0.15) is 0 Å². The zero-order valence-electron chi connectivity index (χ0n) is 21.7. The quantitative estimate of drug-likeness (QED) is 0.104. The number of halogens is 1. The minimum absolute atomic E-state index is 0.0271. The van der Waals surface area contributed by atoms with Crippen molar-refractivity contribution >= 4 is 55.3 Å². The van der Waals surface area contributed by atoms with E-state index in [2.05, 4.69) is 54.4 Å². The number of ether oxygens (including phenoxy) is 1. The Morgan fingerprint density at radius 3 is 2.82 bits per heavy atom. The van der Waals surface area contributed by atoms with Crippen molar-refractivity contribution in [3.63, 3.8) is 0 Å². The van der Waals surface area contributed by atoms with Gasteiger partial charge in [-0.25, -0.2) is 0 Å².